The van der Waals surface area contributed by atoms with E-state index < -0.39 is 11.6 Å². The van der Waals surface area contributed by atoms with E-state index in [1.807, 2.05) is 20.8 Å². The molecule has 124 valence electrons. The summed E-state index contributed by atoms with van der Waals surface area (Å²) in [7, 11) is 1.51. The number of benzene rings is 2. The number of carbonyl (C=O) groups excluding carboxylic acids is 1. The van der Waals surface area contributed by atoms with Crippen molar-refractivity contribution in [2.75, 3.05) is 12.8 Å². The number of nitrogens with two attached hydrogens (primary N) is 1. The van der Waals surface area contributed by atoms with Crippen LogP contribution in [0.2, 0.25) is 0 Å². The Morgan fingerprint density at radius 3 is 2.25 bits per heavy atom. The minimum atomic E-state index is -0.555. The predicted octanol–water partition coefficient (Wildman–Crippen LogP) is 3.77. The largest absolute Gasteiger partial charge is 0.494 e. The van der Waals surface area contributed by atoms with Crippen LogP contribution >= 0.6 is 0 Å². The molecule has 0 aliphatic rings. The number of anilines is 1. The van der Waals surface area contributed by atoms with Gasteiger partial charge in [-0.2, -0.15) is 5.26 Å². The van der Waals surface area contributed by atoms with Crippen LogP contribution in [0, 0.1) is 11.3 Å². The van der Waals surface area contributed by atoms with Crippen molar-refractivity contribution in [2.45, 2.75) is 26.4 Å². The molecule has 0 fully saturated rings. The lowest BCUT2D eigenvalue weighted by Gasteiger charge is -2.19. The lowest BCUT2D eigenvalue weighted by Crippen LogP contribution is -2.23. The van der Waals surface area contributed by atoms with E-state index in [1.54, 1.807) is 36.4 Å². The number of carbonyl (C=O) groups is 1. The van der Waals surface area contributed by atoms with Crippen molar-refractivity contribution in [1.82, 2.24) is 0 Å². The molecule has 0 aliphatic heterocycles. The third kappa shape index (κ3) is 3.66. The van der Waals surface area contributed by atoms with Crippen LogP contribution in [0.3, 0.4) is 0 Å². The van der Waals surface area contributed by atoms with Crippen molar-refractivity contribution in [2.24, 2.45) is 0 Å². The van der Waals surface area contributed by atoms with E-state index >= 15 is 0 Å². The van der Waals surface area contributed by atoms with Crippen LogP contribution in [0.1, 0.15) is 36.7 Å². The molecule has 2 aromatic rings. The van der Waals surface area contributed by atoms with Crippen LogP contribution in [0.25, 0.3) is 11.1 Å². The highest BCUT2D eigenvalue weighted by Gasteiger charge is 2.19. The Morgan fingerprint density at radius 2 is 1.75 bits per heavy atom. The smallest absolute Gasteiger partial charge is 0.338 e. The first-order valence-electron chi connectivity index (χ1n) is 7.47. The number of nitrogen functional groups attached to an aromatic ring is 1. The first-order chi connectivity index (χ1) is 11.3. The molecule has 5 nitrogen and oxygen atoms in total. The second kappa shape index (κ2) is 6.63. The zero-order valence-electron chi connectivity index (χ0n) is 14.2. The number of nitriles is 1. The summed E-state index contributed by atoms with van der Waals surface area (Å²) >= 11 is 0. The molecule has 0 saturated carbocycles. The summed E-state index contributed by atoms with van der Waals surface area (Å²) < 4.78 is 10.7. The number of ether oxygens (including phenoxy) is 2. The molecule has 0 unspecified atom stereocenters. The fourth-order valence-corrected chi connectivity index (χ4v) is 2.31. The van der Waals surface area contributed by atoms with Crippen molar-refractivity contribution in [3.8, 4) is 22.9 Å². The van der Waals surface area contributed by atoms with Gasteiger partial charge in [-0.1, -0.05) is 12.1 Å². The van der Waals surface area contributed by atoms with E-state index in [2.05, 4.69) is 6.07 Å². The standard InChI is InChI=1S/C19H20N2O3/c1-19(2,3)24-18(22)13-7-5-12(6-8-13)16-14(11-20)9-10-15(21)17(16)23-4/h5-10H,21H2,1-4H3. The van der Waals surface area contributed by atoms with Crippen molar-refractivity contribution in [3.63, 3.8) is 0 Å². The normalized spacial score (nSPS) is 10.8. The number of methoxy groups -OCH3 is 1. The van der Waals surface area contributed by atoms with Crippen LogP contribution in [-0.2, 0) is 4.74 Å². The van der Waals surface area contributed by atoms with Gasteiger partial charge in [-0.25, -0.2) is 4.79 Å². The van der Waals surface area contributed by atoms with E-state index in [1.165, 1.54) is 7.11 Å². The zero-order valence-corrected chi connectivity index (χ0v) is 14.2. The highest BCUT2D eigenvalue weighted by Crippen LogP contribution is 2.37. The maximum Gasteiger partial charge on any atom is 0.338 e. The van der Waals surface area contributed by atoms with E-state index in [0.29, 0.717) is 28.1 Å². The molecule has 0 saturated heterocycles. The number of esters is 1. The molecule has 0 heterocycles. The summed E-state index contributed by atoms with van der Waals surface area (Å²) in [5, 5.41) is 9.34. The molecule has 5 heteroatoms. The molecule has 2 aromatic carbocycles. The van der Waals surface area contributed by atoms with Crippen LogP contribution in [0.5, 0.6) is 5.75 Å². The number of rotatable bonds is 3. The Morgan fingerprint density at radius 1 is 1.12 bits per heavy atom. The molecule has 24 heavy (non-hydrogen) atoms. The minimum absolute atomic E-state index is 0.394. The monoisotopic (exact) mass is 324 g/mol. The summed E-state index contributed by atoms with van der Waals surface area (Å²) in [4.78, 5) is 12.1. The quantitative estimate of drug-likeness (QED) is 0.686. The summed E-state index contributed by atoms with van der Waals surface area (Å²) in [6.07, 6.45) is 0. The Bertz CT molecular complexity index is 797. The SMILES string of the molecule is COc1c(N)ccc(C#N)c1-c1ccc(C(=O)OC(C)(C)C)cc1. The summed E-state index contributed by atoms with van der Waals surface area (Å²) in [6, 6.07) is 12.2. The second-order valence-corrected chi connectivity index (χ2v) is 6.30. The molecule has 0 atom stereocenters. The van der Waals surface area contributed by atoms with Crippen molar-refractivity contribution < 1.29 is 14.3 Å². The van der Waals surface area contributed by atoms with Gasteiger partial charge in [0.2, 0.25) is 0 Å². The third-order valence-electron chi connectivity index (χ3n) is 3.32. The van der Waals surface area contributed by atoms with Gasteiger partial charge in [0.25, 0.3) is 0 Å². The van der Waals surface area contributed by atoms with Crippen molar-refractivity contribution in [3.05, 3.63) is 47.5 Å². The number of hydrogen-bond donors (Lipinski definition) is 1. The van der Waals surface area contributed by atoms with E-state index in [-0.39, 0.29) is 0 Å². The van der Waals surface area contributed by atoms with E-state index in [4.69, 9.17) is 15.2 Å². The van der Waals surface area contributed by atoms with Gasteiger partial charge in [0.15, 0.2) is 5.75 Å². The van der Waals surface area contributed by atoms with Gasteiger partial charge < -0.3 is 15.2 Å². The highest BCUT2D eigenvalue weighted by atomic mass is 16.6. The lowest BCUT2D eigenvalue weighted by molar-refractivity contribution is 0.00696. The van der Waals surface area contributed by atoms with Gasteiger partial charge >= 0.3 is 5.97 Å². The second-order valence-electron chi connectivity index (χ2n) is 6.30. The minimum Gasteiger partial charge on any atom is -0.494 e. The maximum absolute atomic E-state index is 12.1. The fourth-order valence-electron chi connectivity index (χ4n) is 2.31. The summed E-state index contributed by atoms with van der Waals surface area (Å²) in [5.74, 6) is 0.0492. The van der Waals surface area contributed by atoms with Crippen LogP contribution < -0.4 is 10.5 Å². The molecule has 0 radical (unpaired) electrons. The molecule has 2 rings (SSSR count). The lowest BCUT2D eigenvalue weighted by atomic mass is 9.97. The highest BCUT2D eigenvalue weighted by molar-refractivity contribution is 5.91. The molecule has 0 bridgehead atoms. The zero-order chi connectivity index (χ0) is 17.9. The molecule has 0 amide bonds. The summed E-state index contributed by atoms with van der Waals surface area (Å²) in [5.41, 5.74) is 8.06. The maximum atomic E-state index is 12.1. The fraction of sp³-hybridized carbons (Fsp3) is 0.263. The Balaban J connectivity index is 2.44. The van der Waals surface area contributed by atoms with Crippen LogP contribution in [0.4, 0.5) is 5.69 Å². The average molecular weight is 324 g/mol. The van der Waals surface area contributed by atoms with Crippen LogP contribution in [-0.4, -0.2) is 18.7 Å². The Kier molecular flexibility index (Phi) is 4.79. The molecular weight excluding hydrogens is 304 g/mol. The van der Waals surface area contributed by atoms with Crippen LogP contribution in [0.15, 0.2) is 36.4 Å². The van der Waals surface area contributed by atoms with Gasteiger partial charge in [-0.3, -0.25) is 0 Å². The first-order valence-corrected chi connectivity index (χ1v) is 7.47. The molecular formula is C19H20N2O3. The molecule has 2 N–H and O–H groups in total. The average Bonchev–Trinajstić information content (AvgIpc) is 2.53. The van der Waals surface area contributed by atoms with Gasteiger partial charge in [0.05, 0.1) is 30.0 Å². The Hall–Kier alpha value is -3.00. The van der Waals surface area contributed by atoms with Gasteiger partial charge in [-0.15, -0.1) is 0 Å². The van der Waals surface area contributed by atoms with Crippen molar-refractivity contribution in [1.29, 1.82) is 5.26 Å². The molecule has 0 spiro atoms. The van der Waals surface area contributed by atoms with Gasteiger partial charge in [-0.05, 0) is 50.6 Å². The van der Waals surface area contributed by atoms with Gasteiger partial charge in [0, 0.05) is 5.56 Å². The van der Waals surface area contributed by atoms with Gasteiger partial charge in [0.1, 0.15) is 5.60 Å². The molecule has 0 aromatic heterocycles. The van der Waals surface area contributed by atoms with E-state index in [0.717, 1.165) is 5.56 Å². The topological polar surface area (TPSA) is 85.3 Å². The number of nitrogens with zero attached hydrogens (tertiary/aromatic N) is 1. The summed E-state index contributed by atoms with van der Waals surface area (Å²) in [6.45, 7) is 5.45. The third-order valence-corrected chi connectivity index (χ3v) is 3.32. The first kappa shape index (κ1) is 17.4. The number of hydrogen-bond acceptors (Lipinski definition) is 5. The van der Waals surface area contributed by atoms with E-state index in [9.17, 15) is 10.1 Å². The molecule has 0 aliphatic carbocycles. The Labute approximate surface area is 141 Å². The predicted molar refractivity (Wildman–Crippen MR) is 92.7 cm³/mol. The van der Waals surface area contributed by atoms with Crippen molar-refractivity contribution >= 4 is 11.7 Å².